The van der Waals surface area contributed by atoms with Gasteiger partial charge in [-0.1, -0.05) is 18.2 Å². The number of amides is 3. The van der Waals surface area contributed by atoms with Crippen molar-refractivity contribution in [3.63, 3.8) is 0 Å². The number of methoxy groups -OCH3 is 1. The Morgan fingerprint density at radius 1 is 1.43 bits per heavy atom. The lowest BCUT2D eigenvalue weighted by Gasteiger charge is -2.16. The molecule has 0 saturated heterocycles. The Balaban J connectivity index is 2.41. The van der Waals surface area contributed by atoms with E-state index in [0.717, 1.165) is 11.3 Å². The molecule has 0 aromatic heterocycles. The Hall–Kier alpha value is -2.34. The zero-order chi connectivity index (χ0) is 15.7. The van der Waals surface area contributed by atoms with Crippen LogP contribution in [0, 0.1) is 0 Å². The van der Waals surface area contributed by atoms with Gasteiger partial charge in [-0.3, -0.25) is 15.0 Å². The Bertz CT molecular complexity index is 503. The molecule has 0 aliphatic carbocycles. The highest BCUT2D eigenvalue weighted by atomic mass is 16.5. The van der Waals surface area contributed by atoms with E-state index in [1.807, 2.05) is 29.2 Å². The van der Waals surface area contributed by atoms with E-state index in [9.17, 15) is 9.59 Å². The van der Waals surface area contributed by atoms with Crippen LogP contribution in [0.2, 0.25) is 0 Å². The number of carbonyl (C=O) groups excluding carboxylic acids is 2. The van der Waals surface area contributed by atoms with Gasteiger partial charge in [0.15, 0.2) is 0 Å². The van der Waals surface area contributed by atoms with Crippen LogP contribution in [0.4, 0.5) is 4.79 Å². The van der Waals surface area contributed by atoms with E-state index in [2.05, 4.69) is 17.2 Å². The Morgan fingerprint density at radius 3 is 2.86 bits per heavy atom. The zero-order valence-electron chi connectivity index (χ0n) is 12.4. The summed E-state index contributed by atoms with van der Waals surface area (Å²) in [6.45, 7) is 4.50. The molecule has 6 nitrogen and oxygen atoms in total. The van der Waals surface area contributed by atoms with Gasteiger partial charge in [0, 0.05) is 13.1 Å². The summed E-state index contributed by atoms with van der Waals surface area (Å²) in [7, 11) is 3.42. The third-order valence-corrected chi connectivity index (χ3v) is 2.66. The highest BCUT2D eigenvalue weighted by Gasteiger charge is 2.10. The second kappa shape index (κ2) is 8.76. The molecule has 0 radical (unpaired) electrons. The second-order valence-electron chi connectivity index (χ2n) is 4.57. The number of nitrogens with zero attached hydrogens (tertiary/aromatic N) is 1. The van der Waals surface area contributed by atoms with E-state index in [0.29, 0.717) is 13.1 Å². The van der Waals surface area contributed by atoms with Crippen LogP contribution in [0.3, 0.4) is 0 Å². The molecule has 0 unspecified atom stereocenters. The zero-order valence-corrected chi connectivity index (χ0v) is 12.4. The van der Waals surface area contributed by atoms with Crippen LogP contribution in [0.15, 0.2) is 36.9 Å². The number of imide groups is 1. The van der Waals surface area contributed by atoms with Crippen molar-refractivity contribution in [3.8, 4) is 5.75 Å². The first-order chi connectivity index (χ1) is 10.0. The van der Waals surface area contributed by atoms with Gasteiger partial charge in [0.25, 0.3) is 0 Å². The fraction of sp³-hybridized carbons (Fsp3) is 0.333. The van der Waals surface area contributed by atoms with Crippen molar-refractivity contribution in [2.75, 3.05) is 27.2 Å². The van der Waals surface area contributed by atoms with Gasteiger partial charge in [-0.25, -0.2) is 4.79 Å². The molecule has 114 valence electrons. The number of likely N-dealkylation sites (N-methyl/N-ethyl adjacent to an activating group) is 1. The van der Waals surface area contributed by atoms with Crippen molar-refractivity contribution in [3.05, 3.63) is 42.5 Å². The quantitative estimate of drug-likeness (QED) is 0.739. The monoisotopic (exact) mass is 291 g/mol. The summed E-state index contributed by atoms with van der Waals surface area (Å²) < 4.78 is 5.15. The maximum atomic E-state index is 11.7. The fourth-order valence-corrected chi connectivity index (χ4v) is 1.76. The Labute approximate surface area is 124 Å². The lowest BCUT2D eigenvalue weighted by molar-refractivity contribution is -0.120. The number of nitrogens with one attached hydrogen (secondary N) is 2. The summed E-state index contributed by atoms with van der Waals surface area (Å²) in [5.74, 6) is 0.413. The third-order valence-electron chi connectivity index (χ3n) is 2.66. The van der Waals surface area contributed by atoms with E-state index < -0.39 is 6.03 Å². The highest BCUT2D eigenvalue weighted by molar-refractivity contribution is 5.95. The molecule has 0 bridgehead atoms. The van der Waals surface area contributed by atoms with Gasteiger partial charge in [0.05, 0.1) is 13.7 Å². The molecule has 0 aliphatic heterocycles. The molecule has 1 rings (SSSR count). The summed E-state index contributed by atoms with van der Waals surface area (Å²) in [6.07, 6.45) is 1.54. The summed E-state index contributed by atoms with van der Waals surface area (Å²) in [6, 6.07) is 7.10. The molecular formula is C15H21N3O3. The van der Waals surface area contributed by atoms with Gasteiger partial charge in [-0.15, -0.1) is 6.58 Å². The van der Waals surface area contributed by atoms with Gasteiger partial charge in [-0.2, -0.15) is 0 Å². The number of hydrogen-bond acceptors (Lipinski definition) is 4. The SMILES string of the molecule is C=CCNC(=O)NC(=O)CN(C)Cc1cccc(OC)c1. The van der Waals surface area contributed by atoms with Crippen LogP contribution in [-0.4, -0.2) is 44.1 Å². The lowest BCUT2D eigenvalue weighted by Crippen LogP contribution is -2.43. The molecular weight excluding hydrogens is 270 g/mol. The average Bonchev–Trinajstić information content (AvgIpc) is 2.44. The van der Waals surface area contributed by atoms with Crippen molar-refractivity contribution >= 4 is 11.9 Å². The Morgan fingerprint density at radius 2 is 2.19 bits per heavy atom. The van der Waals surface area contributed by atoms with E-state index in [4.69, 9.17) is 4.74 Å². The minimum absolute atomic E-state index is 0.124. The Kier molecular flexibility index (Phi) is 6.97. The third kappa shape index (κ3) is 6.58. The number of urea groups is 1. The minimum Gasteiger partial charge on any atom is -0.497 e. The first kappa shape index (κ1) is 16.7. The number of benzene rings is 1. The normalized spacial score (nSPS) is 10.0. The van der Waals surface area contributed by atoms with Crippen LogP contribution >= 0.6 is 0 Å². The maximum Gasteiger partial charge on any atom is 0.321 e. The first-order valence-electron chi connectivity index (χ1n) is 6.55. The molecule has 0 spiro atoms. The summed E-state index contributed by atoms with van der Waals surface area (Å²) >= 11 is 0. The molecule has 21 heavy (non-hydrogen) atoms. The van der Waals surface area contributed by atoms with E-state index in [-0.39, 0.29) is 12.5 Å². The van der Waals surface area contributed by atoms with Crippen LogP contribution < -0.4 is 15.4 Å². The molecule has 0 heterocycles. The van der Waals surface area contributed by atoms with Gasteiger partial charge in [0.2, 0.25) is 5.91 Å². The number of carbonyl (C=O) groups is 2. The molecule has 0 atom stereocenters. The predicted octanol–water partition coefficient (Wildman–Crippen LogP) is 1.14. The van der Waals surface area contributed by atoms with Crippen molar-refractivity contribution in [1.82, 2.24) is 15.5 Å². The van der Waals surface area contributed by atoms with E-state index >= 15 is 0 Å². The average molecular weight is 291 g/mol. The van der Waals surface area contributed by atoms with Crippen molar-refractivity contribution < 1.29 is 14.3 Å². The summed E-state index contributed by atoms with van der Waals surface area (Å²) in [4.78, 5) is 24.8. The molecule has 1 aromatic rings. The topological polar surface area (TPSA) is 70.7 Å². The van der Waals surface area contributed by atoms with Crippen LogP contribution in [0.5, 0.6) is 5.75 Å². The van der Waals surface area contributed by atoms with E-state index in [1.54, 1.807) is 20.2 Å². The number of hydrogen-bond donors (Lipinski definition) is 2. The molecule has 2 N–H and O–H groups in total. The lowest BCUT2D eigenvalue weighted by atomic mass is 10.2. The van der Waals surface area contributed by atoms with Crippen molar-refractivity contribution in [1.29, 1.82) is 0 Å². The highest BCUT2D eigenvalue weighted by Crippen LogP contribution is 2.13. The van der Waals surface area contributed by atoms with Crippen molar-refractivity contribution in [2.45, 2.75) is 6.54 Å². The number of rotatable bonds is 7. The predicted molar refractivity (Wildman–Crippen MR) is 81.1 cm³/mol. The largest absolute Gasteiger partial charge is 0.497 e. The second-order valence-corrected chi connectivity index (χ2v) is 4.57. The summed E-state index contributed by atoms with van der Waals surface area (Å²) in [5.41, 5.74) is 1.03. The first-order valence-corrected chi connectivity index (χ1v) is 6.55. The minimum atomic E-state index is -0.519. The van der Waals surface area contributed by atoms with Gasteiger partial charge >= 0.3 is 6.03 Å². The summed E-state index contributed by atoms with van der Waals surface area (Å²) in [5, 5.41) is 4.73. The van der Waals surface area contributed by atoms with Gasteiger partial charge in [-0.05, 0) is 24.7 Å². The fourth-order valence-electron chi connectivity index (χ4n) is 1.76. The molecule has 6 heteroatoms. The molecule has 3 amide bonds. The standard InChI is InChI=1S/C15H21N3O3/c1-4-8-16-15(20)17-14(19)11-18(2)10-12-6-5-7-13(9-12)21-3/h4-7,9H,1,8,10-11H2,2-3H3,(H2,16,17,19,20). The van der Waals surface area contributed by atoms with Crippen LogP contribution in [-0.2, 0) is 11.3 Å². The van der Waals surface area contributed by atoms with Gasteiger partial charge < -0.3 is 10.1 Å². The van der Waals surface area contributed by atoms with Crippen LogP contribution in [0.25, 0.3) is 0 Å². The van der Waals surface area contributed by atoms with E-state index in [1.165, 1.54) is 0 Å². The van der Waals surface area contributed by atoms with Gasteiger partial charge in [0.1, 0.15) is 5.75 Å². The maximum absolute atomic E-state index is 11.7. The van der Waals surface area contributed by atoms with Crippen LogP contribution in [0.1, 0.15) is 5.56 Å². The molecule has 1 aromatic carbocycles. The van der Waals surface area contributed by atoms with Crippen molar-refractivity contribution in [2.24, 2.45) is 0 Å². The molecule has 0 saturated carbocycles. The number of ether oxygens (including phenoxy) is 1. The smallest absolute Gasteiger partial charge is 0.321 e. The molecule has 0 fully saturated rings. The molecule has 0 aliphatic rings.